The van der Waals surface area contributed by atoms with Crippen molar-refractivity contribution in [2.45, 2.75) is 52.1 Å². The maximum atomic E-state index is 13.4. The van der Waals surface area contributed by atoms with E-state index in [1.54, 1.807) is 31.2 Å². The van der Waals surface area contributed by atoms with Crippen molar-refractivity contribution in [1.29, 1.82) is 0 Å². The molecule has 1 saturated heterocycles. The highest BCUT2D eigenvalue weighted by Crippen LogP contribution is 2.27. The summed E-state index contributed by atoms with van der Waals surface area (Å²) in [5, 5.41) is 0.646. The van der Waals surface area contributed by atoms with Gasteiger partial charge in [-0.1, -0.05) is 23.7 Å². The van der Waals surface area contributed by atoms with E-state index in [0.29, 0.717) is 16.8 Å². The predicted molar refractivity (Wildman–Crippen MR) is 126 cm³/mol. The number of ether oxygens (including phenoxy) is 2. The van der Waals surface area contributed by atoms with Crippen LogP contribution < -0.4 is 9.64 Å². The first kappa shape index (κ1) is 24.1. The molecule has 0 spiro atoms. The molecule has 1 aliphatic rings. The lowest BCUT2D eigenvalue weighted by atomic mass is 9.99. The van der Waals surface area contributed by atoms with Crippen molar-refractivity contribution in [3.8, 4) is 5.75 Å². The first-order chi connectivity index (χ1) is 15.4. The molecule has 0 aromatic heterocycles. The molecule has 32 heavy (non-hydrogen) atoms. The highest BCUT2D eigenvalue weighted by Gasteiger charge is 2.29. The number of benzene rings is 2. The first-order valence-corrected chi connectivity index (χ1v) is 11.5. The largest absolute Gasteiger partial charge is 0.513 e. The van der Waals surface area contributed by atoms with Gasteiger partial charge in [-0.3, -0.25) is 4.79 Å². The summed E-state index contributed by atoms with van der Waals surface area (Å²) in [6.07, 6.45) is 1.38. The molecule has 1 fully saturated rings. The third-order valence-corrected chi connectivity index (χ3v) is 5.96. The number of amides is 1. The SMILES string of the molecule is CCOC(=O)Oc1ccc(CC(=O)N(c2ccc(Cl)cc2)C2CCN(C(C)C)CC2)cc1. The molecule has 172 valence electrons. The molecule has 0 N–H and O–H groups in total. The Labute approximate surface area is 195 Å². The van der Waals surface area contributed by atoms with Crippen LogP contribution in [0.1, 0.15) is 39.2 Å². The zero-order valence-corrected chi connectivity index (χ0v) is 19.7. The third kappa shape index (κ3) is 6.47. The van der Waals surface area contributed by atoms with Gasteiger partial charge in [0.15, 0.2) is 0 Å². The van der Waals surface area contributed by atoms with Crippen LogP contribution in [0.25, 0.3) is 0 Å². The molecule has 0 atom stereocenters. The molecule has 0 radical (unpaired) electrons. The molecule has 1 amide bonds. The van der Waals surface area contributed by atoms with Crippen LogP contribution in [0, 0.1) is 0 Å². The molecule has 0 aliphatic carbocycles. The summed E-state index contributed by atoms with van der Waals surface area (Å²) in [7, 11) is 0. The molecule has 6 nitrogen and oxygen atoms in total. The van der Waals surface area contributed by atoms with E-state index >= 15 is 0 Å². The van der Waals surface area contributed by atoms with Crippen LogP contribution in [0.15, 0.2) is 48.5 Å². The van der Waals surface area contributed by atoms with Crippen LogP contribution in [0.2, 0.25) is 5.02 Å². The van der Waals surface area contributed by atoms with Gasteiger partial charge >= 0.3 is 6.16 Å². The fourth-order valence-corrected chi connectivity index (χ4v) is 4.13. The number of piperidine rings is 1. The lowest BCUT2D eigenvalue weighted by Gasteiger charge is -2.40. The lowest BCUT2D eigenvalue weighted by molar-refractivity contribution is -0.118. The van der Waals surface area contributed by atoms with Gasteiger partial charge in [0.25, 0.3) is 0 Å². The minimum atomic E-state index is -0.738. The van der Waals surface area contributed by atoms with Crippen LogP contribution in [-0.4, -0.2) is 48.7 Å². The average Bonchev–Trinajstić information content (AvgIpc) is 2.77. The van der Waals surface area contributed by atoms with Gasteiger partial charge in [0.05, 0.1) is 13.0 Å². The number of halogens is 1. The van der Waals surface area contributed by atoms with Crippen molar-refractivity contribution in [3.63, 3.8) is 0 Å². The van der Waals surface area contributed by atoms with Gasteiger partial charge in [-0.25, -0.2) is 4.79 Å². The lowest BCUT2D eigenvalue weighted by Crippen LogP contribution is -2.49. The van der Waals surface area contributed by atoms with E-state index in [-0.39, 0.29) is 25.0 Å². The predicted octanol–water partition coefficient (Wildman–Crippen LogP) is 5.32. The second-order valence-corrected chi connectivity index (χ2v) is 8.64. The maximum absolute atomic E-state index is 13.4. The Bertz CT molecular complexity index is 891. The normalized spacial score (nSPS) is 14.9. The monoisotopic (exact) mass is 458 g/mol. The van der Waals surface area contributed by atoms with E-state index in [0.717, 1.165) is 37.2 Å². The molecular weight excluding hydrogens is 428 g/mol. The second-order valence-electron chi connectivity index (χ2n) is 8.21. The van der Waals surface area contributed by atoms with Gasteiger partial charge in [0.1, 0.15) is 5.75 Å². The Morgan fingerprint density at radius 3 is 2.25 bits per heavy atom. The number of hydrogen-bond donors (Lipinski definition) is 0. The molecule has 7 heteroatoms. The van der Waals surface area contributed by atoms with E-state index in [9.17, 15) is 9.59 Å². The third-order valence-electron chi connectivity index (χ3n) is 5.71. The summed E-state index contributed by atoms with van der Waals surface area (Å²) in [4.78, 5) is 29.3. The fraction of sp³-hybridized carbons (Fsp3) is 0.440. The molecule has 0 saturated carbocycles. The highest BCUT2D eigenvalue weighted by molar-refractivity contribution is 6.30. The van der Waals surface area contributed by atoms with Gasteiger partial charge in [0.2, 0.25) is 5.91 Å². The van der Waals surface area contributed by atoms with E-state index < -0.39 is 6.16 Å². The summed E-state index contributed by atoms with van der Waals surface area (Å²) >= 11 is 6.08. The Balaban J connectivity index is 1.72. The van der Waals surface area contributed by atoms with E-state index in [2.05, 4.69) is 18.7 Å². The summed E-state index contributed by atoms with van der Waals surface area (Å²) in [6, 6.07) is 15.1. The van der Waals surface area contributed by atoms with Crippen molar-refractivity contribution in [1.82, 2.24) is 4.90 Å². The van der Waals surface area contributed by atoms with Crippen molar-refractivity contribution < 1.29 is 19.1 Å². The molecule has 1 heterocycles. The van der Waals surface area contributed by atoms with Gasteiger partial charge in [0, 0.05) is 35.9 Å². The van der Waals surface area contributed by atoms with Crippen LogP contribution in [0.4, 0.5) is 10.5 Å². The number of rotatable bonds is 7. The van der Waals surface area contributed by atoms with Crippen LogP contribution in [0.5, 0.6) is 5.75 Å². The number of likely N-dealkylation sites (tertiary alicyclic amines) is 1. The van der Waals surface area contributed by atoms with Crippen LogP contribution in [0.3, 0.4) is 0 Å². The summed E-state index contributed by atoms with van der Waals surface area (Å²) < 4.78 is 9.88. The van der Waals surface area contributed by atoms with E-state index in [1.807, 2.05) is 29.2 Å². The average molecular weight is 459 g/mol. The Kier molecular flexibility index (Phi) is 8.53. The van der Waals surface area contributed by atoms with E-state index in [4.69, 9.17) is 21.1 Å². The molecule has 0 unspecified atom stereocenters. The number of carbonyl (C=O) groups is 2. The smallest absolute Gasteiger partial charge is 0.434 e. The quantitative estimate of drug-likeness (QED) is 0.415. The number of carbonyl (C=O) groups excluding carboxylic acids is 2. The zero-order valence-electron chi connectivity index (χ0n) is 18.9. The molecular formula is C25H31ClN2O4. The van der Waals surface area contributed by atoms with Gasteiger partial charge in [-0.15, -0.1) is 0 Å². The van der Waals surface area contributed by atoms with Gasteiger partial charge < -0.3 is 19.3 Å². The van der Waals surface area contributed by atoms with E-state index in [1.165, 1.54) is 0 Å². The van der Waals surface area contributed by atoms with Gasteiger partial charge in [-0.2, -0.15) is 0 Å². The van der Waals surface area contributed by atoms with Crippen LogP contribution in [-0.2, 0) is 16.0 Å². The molecule has 1 aliphatic heterocycles. The summed E-state index contributed by atoms with van der Waals surface area (Å²) in [6.45, 7) is 8.33. The molecule has 2 aromatic carbocycles. The van der Waals surface area contributed by atoms with Crippen molar-refractivity contribution in [3.05, 3.63) is 59.1 Å². The molecule has 2 aromatic rings. The second kappa shape index (κ2) is 11.3. The van der Waals surface area contributed by atoms with Crippen molar-refractivity contribution in [2.24, 2.45) is 0 Å². The first-order valence-electron chi connectivity index (χ1n) is 11.1. The fourth-order valence-electron chi connectivity index (χ4n) is 4.00. The Hall–Kier alpha value is -2.57. The zero-order chi connectivity index (χ0) is 23.1. The number of anilines is 1. The Morgan fingerprint density at radius 2 is 1.69 bits per heavy atom. The minimum Gasteiger partial charge on any atom is -0.434 e. The standard InChI is InChI=1S/C25H31ClN2O4/c1-4-31-25(30)32-23-11-5-19(6-12-23)17-24(29)28(21-9-7-20(26)8-10-21)22-13-15-27(16-14-22)18(2)3/h5-12,18,22H,4,13-17H2,1-3H3. The topological polar surface area (TPSA) is 59.1 Å². The van der Waals surface area contributed by atoms with Crippen molar-refractivity contribution >= 4 is 29.4 Å². The highest BCUT2D eigenvalue weighted by atomic mass is 35.5. The molecule has 0 bridgehead atoms. The maximum Gasteiger partial charge on any atom is 0.513 e. The van der Waals surface area contributed by atoms with Gasteiger partial charge in [-0.05, 0) is 75.6 Å². The van der Waals surface area contributed by atoms with Crippen LogP contribution >= 0.6 is 11.6 Å². The summed E-state index contributed by atoms with van der Waals surface area (Å²) in [5.74, 6) is 0.421. The summed E-state index contributed by atoms with van der Waals surface area (Å²) in [5.41, 5.74) is 1.72. The van der Waals surface area contributed by atoms with Crippen molar-refractivity contribution in [2.75, 3.05) is 24.6 Å². The Morgan fingerprint density at radius 1 is 1.06 bits per heavy atom. The number of nitrogens with zero attached hydrogens (tertiary/aromatic N) is 2. The minimum absolute atomic E-state index is 0.0365. The molecule has 3 rings (SSSR count). The number of hydrogen-bond acceptors (Lipinski definition) is 5.